The van der Waals surface area contributed by atoms with Crippen molar-refractivity contribution in [3.05, 3.63) is 59.7 Å². The third kappa shape index (κ3) is 6.84. The molecular weight excluding hydrogens is 448 g/mol. The zero-order valence-corrected chi connectivity index (χ0v) is 20.3. The fraction of sp³-hybridized carbons (Fsp3) is 0.370. The molecule has 0 aliphatic heterocycles. The van der Waals surface area contributed by atoms with Crippen molar-refractivity contribution in [1.29, 1.82) is 0 Å². The van der Waals surface area contributed by atoms with Gasteiger partial charge in [0.1, 0.15) is 12.6 Å². The number of aliphatic carboxylic acids is 1. The van der Waals surface area contributed by atoms with E-state index in [0.717, 1.165) is 22.3 Å². The topological polar surface area (TPSA) is 114 Å². The number of hydrogen-bond donors (Lipinski definition) is 3. The van der Waals surface area contributed by atoms with Crippen LogP contribution in [0.15, 0.2) is 48.5 Å². The van der Waals surface area contributed by atoms with Crippen molar-refractivity contribution in [3.63, 3.8) is 0 Å². The minimum absolute atomic E-state index is 0.104. The van der Waals surface area contributed by atoms with Crippen LogP contribution in [0.3, 0.4) is 0 Å². The Labute approximate surface area is 205 Å². The second-order valence-corrected chi connectivity index (χ2v) is 9.21. The van der Waals surface area contributed by atoms with Gasteiger partial charge in [0.25, 0.3) is 0 Å². The molecule has 3 N–H and O–H groups in total. The van der Waals surface area contributed by atoms with Gasteiger partial charge in [0.2, 0.25) is 5.91 Å². The molecule has 2 aromatic carbocycles. The van der Waals surface area contributed by atoms with Gasteiger partial charge in [-0.05, 0) is 49.9 Å². The first-order valence-electron chi connectivity index (χ1n) is 11.4. The number of carbonyl (C=O) groups excluding carboxylic acids is 2. The molecule has 0 radical (unpaired) electrons. The third-order valence-electron chi connectivity index (χ3n) is 5.45. The summed E-state index contributed by atoms with van der Waals surface area (Å²) in [6.45, 7) is 7.10. The van der Waals surface area contributed by atoms with Crippen LogP contribution in [0.5, 0.6) is 0 Å². The highest BCUT2D eigenvalue weighted by Gasteiger charge is 2.32. The van der Waals surface area contributed by atoms with Crippen molar-refractivity contribution in [1.82, 2.24) is 10.6 Å². The zero-order chi connectivity index (χ0) is 25.6. The van der Waals surface area contributed by atoms with Gasteiger partial charge in [0.05, 0.1) is 18.2 Å². The Kier molecular flexibility index (Phi) is 8.15. The van der Waals surface area contributed by atoms with Crippen LogP contribution in [0.25, 0.3) is 11.1 Å². The SMILES string of the molecule is C[C@@H](OC(C)(C)C)[C@H](NC(=O)OCC1c2ccccc2-c2ccccc21)C(=O)NCC#CC(=O)O. The van der Waals surface area contributed by atoms with E-state index < -0.39 is 35.7 Å². The standard InChI is InChI=1S/C27H30N2O6/c1-17(35-27(2,3)4)24(25(32)28-15-9-14-23(30)31)29-26(33)34-16-22-20-12-7-5-10-18(20)19-11-6-8-13-21(19)22/h5-8,10-13,17,22,24H,15-16H2,1-4H3,(H,28,32)(H,29,33)(H,30,31)/t17-,24+/m1/s1. The first-order chi connectivity index (χ1) is 16.6. The Hall–Kier alpha value is -3.83. The predicted molar refractivity (Wildman–Crippen MR) is 131 cm³/mol. The third-order valence-corrected chi connectivity index (χ3v) is 5.45. The molecule has 0 unspecified atom stereocenters. The number of nitrogens with one attached hydrogen (secondary N) is 2. The predicted octanol–water partition coefficient (Wildman–Crippen LogP) is 3.30. The molecule has 2 atom stereocenters. The molecule has 3 rings (SSSR count). The lowest BCUT2D eigenvalue weighted by atomic mass is 9.98. The van der Waals surface area contributed by atoms with Gasteiger partial charge in [-0.2, -0.15) is 0 Å². The Balaban J connectivity index is 1.69. The molecule has 0 fully saturated rings. The summed E-state index contributed by atoms with van der Waals surface area (Å²) in [5.74, 6) is 2.28. The second-order valence-electron chi connectivity index (χ2n) is 9.21. The van der Waals surface area contributed by atoms with Crippen molar-refractivity contribution in [2.45, 2.75) is 51.4 Å². The van der Waals surface area contributed by atoms with E-state index in [-0.39, 0.29) is 19.1 Å². The highest BCUT2D eigenvalue weighted by Crippen LogP contribution is 2.44. The largest absolute Gasteiger partial charge is 0.472 e. The summed E-state index contributed by atoms with van der Waals surface area (Å²) in [4.78, 5) is 36.1. The number of amides is 2. The van der Waals surface area contributed by atoms with Crippen molar-refractivity contribution in [3.8, 4) is 23.0 Å². The number of rotatable bonds is 7. The number of alkyl carbamates (subject to hydrolysis) is 1. The molecule has 2 aromatic rings. The Morgan fingerprint density at radius 2 is 1.60 bits per heavy atom. The minimum atomic E-state index is -1.29. The maximum absolute atomic E-state index is 12.8. The van der Waals surface area contributed by atoms with Gasteiger partial charge in [0.15, 0.2) is 0 Å². The molecule has 2 amide bonds. The molecular formula is C27H30N2O6. The second kappa shape index (κ2) is 11.1. The van der Waals surface area contributed by atoms with E-state index in [1.807, 2.05) is 75.2 Å². The minimum Gasteiger partial charge on any atom is -0.472 e. The smallest absolute Gasteiger partial charge is 0.407 e. The van der Waals surface area contributed by atoms with Crippen molar-refractivity contribution >= 4 is 18.0 Å². The van der Waals surface area contributed by atoms with Gasteiger partial charge in [0, 0.05) is 11.8 Å². The van der Waals surface area contributed by atoms with E-state index in [2.05, 4.69) is 16.6 Å². The van der Waals surface area contributed by atoms with Crippen LogP contribution in [0, 0.1) is 11.8 Å². The van der Waals surface area contributed by atoms with E-state index in [1.54, 1.807) is 6.92 Å². The van der Waals surface area contributed by atoms with Crippen molar-refractivity contribution < 1.29 is 29.0 Å². The molecule has 8 nitrogen and oxygen atoms in total. The summed E-state index contributed by atoms with van der Waals surface area (Å²) < 4.78 is 11.4. The van der Waals surface area contributed by atoms with E-state index in [1.165, 1.54) is 0 Å². The zero-order valence-electron chi connectivity index (χ0n) is 20.3. The van der Waals surface area contributed by atoms with E-state index in [4.69, 9.17) is 14.6 Å². The summed E-state index contributed by atoms with van der Waals surface area (Å²) >= 11 is 0. The van der Waals surface area contributed by atoms with Crippen LogP contribution in [0.1, 0.15) is 44.7 Å². The van der Waals surface area contributed by atoms with Crippen LogP contribution in [-0.4, -0.2) is 54.0 Å². The summed E-state index contributed by atoms with van der Waals surface area (Å²) in [7, 11) is 0. The van der Waals surface area contributed by atoms with E-state index >= 15 is 0 Å². The lowest BCUT2D eigenvalue weighted by molar-refractivity contribution is -0.131. The van der Waals surface area contributed by atoms with Gasteiger partial charge in [-0.15, -0.1) is 0 Å². The summed E-state index contributed by atoms with van der Waals surface area (Å²) in [5.41, 5.74) is 3.83. The molecule has 0 bridgehead atoms. The van der Waals surface area contributed by atoms with Crippen LogP contribution < -0.4 is 10.6 Å². The molecule has 1 aliphatic carbocycles. The Morgan fingerprint density at radius 1 is 1.03 bits per heavy atom. The number of ether oxygens (including phenoxy) is 2. The number of carboxylic acid groups (broad SMARTS) is 1. The molecule has 0 heterocycles. The fourth-order valence-corrected chi connectivity index (χ4v) is 4.15. The maximum Gasteiger partial charge on any atom is 0.407 e. The number of carboxylic acids is 1. The highest BCUT2D eigenvalue weighted by molar-refractivity contribution is 5.88. The number of hydrogen-bond acceptors (Lipinski definition) is 5. The first-order valence-corrected chi connectivity index (χ1v) is 11.4. The molecule has 8 heteroatoms. The number of carbonyl (C=O) groups is 3. The maximum atomic E-state index is 12.8. The van der Waals surface area contributed by atoms with Crippen LogP contribution in [-0.2, 0) is 19.1 Å². The number of fused-ring (bicyclic) bond motifs is 3. The summed E-state index contributed by atoms with van der Waals surface area (Å²) in [5, 5.41) is 13.7. The van der Waals surface area contributed by atoms with E-state index in [0.29, 0.717) is 0 Å². The first kappa shape index (κ1) is 25.8. The lowest BCUT2D eigenvalue weighted by Gasteiger charge is -2.30. The fourth-order valence-electron chi connectivity index (χ4n) is 4.15. The highest BCUT2D eigenvalue weighted by atomic mass is 16.6. The van der Waals surface area contributed by atoms with Crippen molar-refractivity contribution in [2.75, 3.05) is 13.2 Å². The van der Waals surface area contributed by atoms with Crippen LogP contribution in [0.2, 0.25) is 0 Å². The molecule has 35 heavy (non-hydrogen) atoms. The van der Waals surface area contributed by atoms with E-state index in [9.17, 15) is 14.4 Å². The molecule has 0 aromatic heterocycles. The van der Waals surface area contributed by atoms with Gasteiger partial charge < -0.3 is 25.2 Å². The molecule has 0 spiro atoms. The monoisotopic (exact) mass is 478 g/mol. The lowest BCUT2D eigenvalue weighted by Crippen LogP contribution is -2.54. The average molecular weight is 479 g/mol. The van der Waals surface area contributed by atoms with Gasteiger partial charge in [-0.1, -0.05) is 54.5 Å². The van der Waals surface area contributed by atoms with Gasteiger partial charge in [-0.3, -0.25) is 4.79 Å². The number of benzene rings is 2. The summed E-state index contributed by atoms with van der Waals surface area (Å²) in [6, 6.07) is 14.9. The van der Waals surface area contributed by atoms with Crippen molar-refractivity contribution in [2.24, 2.45) is 0 Å². The van der Waals surface area contributed by atoms with Crippen LogP contribution in [0.4, 0.5) is 4.79 Å². The normalized spacial score (nSPS) is 13.9. The molecule has 0 saturated heterocycles. The summed E-state index contributed by atoms with van der Waals surface area (Å²) in [6.07, 6.45) is -1.45. The average Bonchev–Trinajstić information content (AvgIpc) is 3.11. The van der Waals surface area contributed by atoms with Crippen LogP contribution >= 0.6 is 0 Å². The molecule has 184 valence electrons. The van der Waals surface area contributed by atoms with Gasteiger partial charge in [-0.25, -0.2) is 9.59 Å². The Bertz CT molecular complexity index is 1110. The van der Waals surface area contributed by atoms with Gasteiger partial charge >= 0.3 is 12.1 Å². The molecule has 1 aliphatic rings. The molecule has 0 saturated carbocycles. The quantitative estimate of drug-likeness (QED) is 0.526. The Morgan fingerprint density at radius 3 is 2.14 bits per heavy atom.